The summed E-state index contributed by atoms with van der Waals surface area (Å²) in [5.74, 6) is -0.304. The Morgan fingerprint density at radius 1 is 1.09 bits per heavy atom. The van der Waals surface area contributed by atoms with E-state index < -0.39 is 17.7 Å². The summed E-state index contributed by atoms with van der Waals surface area (Å²) in [6, 6.07) is 13.6. The second-order valence-corrected chi connectivity index (χ2v) is 8.91. The van der Waals surface area contributed by atoms with Gasteiger partial charge in [0.2, 0.25) is 0 Å². The van der Waals surface area contributed by atoms with E-state index in [1.54, 1.807) is 24.3 Å². The number of ketones is 1. The maximum Gasteiger partial charge on any atom is 0.295 e. The molecule has 3 rings (SSSR count). The standard InChI is InChI=1S/C27H34N2O5/c1-6-15-33-21-11-7-9-19(16-21)24-23(26(31)27(32)29(24)14-13-28(4)5)25(30)20-10-8-12-22(17-20)34-18(2)3/h7-12,16-18,24,30H,6,13-15H2,1-5H3/b25-23-. The van der Waals surface area contributed by atoms with Gasteiger partial charge in [-0.05, 0) is 64.2 Å². The third-order valence-electron chi connectivity index (χ3n) is 5.45. The largest absolute Gasteiger partial charge is 0.507 e. The minimum absolute atomic E-state index is 0.0418. The molecule has 0 spiro atoms. The molecule has 182 valence electrons. The van der Waals surface area contributed by atoms with Gasteiger partial charge in [-0.2, -0.15) is 0 Å². The van der Waals surface area contributed by atoms with Crippen LogP contribution in [0.15, 0.2) is 54.1 Å². The lowest BCUT2D eigenvalue weighted by Crippen LogP contribution is -2.35. The Labute approximate surface area is 201 Å². The van der Waals surface area contributed by atoms with Crippen molar-refractivity contribution in [3.05, 3.63) is 65.2 Å². The van der Waals surface area contributed by atoms with Gasteiger partial charge >= 0.3 is 0 Å². The van der Waals surface area contributed by atoms with Crippen molar-refractivity contribution in [2.75, 3.05) is 33.8 Å². The molecule has 1 unspecified atom stereocenters. The predicted molar refractivity (Wildman–Crippen MR) is 132 cm³/mol. The zero-order valence-corrected chi connectivity index (χ0v) is 20.6. The average Bonchev–Trinajstić information content (AvgIpc) is 3.05. The molecule has 34 heavy (non-hydrogen) atoms. The molecule has 7 nitrogen and oxygen atoms in total. The molecule has 0 aliphatic carbocycles. The molecule has 0 bridgehead atoms. The monoisotopic (exact) mass is 466 g/mol. The zero-order valence-electron chi connectivity index (χ0n) is 20.6. The number of hydrogen-bond acceptors (Lipinski definition) is 6. The molecule has 1 saturated heterocycles. The molecule has 1 aliphatic heterocycles. The summed E-state index contributed by atoms with van der Waals surface area (Å²) in [6.07, 6.45) is 0.820. The highest BCUT2D eigenvalue weighted by molar-refractivity contribution is 6.46. The van der Waals surface area contributed by atoms with Crippen LogP contribution in [0.4, 0.5) is 0 Å². The summed E-state index contributed by atoms with van der Waals surface area (Å²) in [4.78, 5) is 29.7. The number of hydrogen-bond donors (Lipinski definition) is 1. The summed E-state index contributed by atoms with van der Waals surface area (Å²) < 4.78 is 11.5. The van der Waals surface area contributed by atoms with Crippen LogP contribution in [0.1, 0.15) is 44.4 Å². The maximum atomic E-state index is 13.2. The molecule has 1 N–H and O–H groups in total. The second kappa shape index (κ2) is 11.2. The summed E-state index contributed by atoms with van der Waals surface area (Å²) >= 11 is 0. The Bertz CT molecular complexity index is 1060. The molecule has 1 atom stereocenters. The van der Waals surface area contributed by atoms with E-state index in [2.05, 4.69) is 0 Å². The number of carbonyl (C=O) groups excluding carboxylic acids is 2. The van der Waals surface area contributed by atoms with Gasteiger partial charge in [0.1, 0.15) is 17.3 Å². The summed E-state index contributed by atoms with van der Waals surface area (Å²) in [5, 5.41) is 11.3. The van der Waals surface area contributed by atoms with E-state index >= 15 is 0 Å². The number of likely N-dealkylation sites (tertiary alicyclic amines) is 1. The maximum absolute atomic E-state index is 13.2. The van der Waals surface area contributed by atoms with Crippen molar-refractivity contribution in [1.29, 1.82) is 0 Å². The number of aliphatic hydroxyl groups excluding tert-OH is 1. The first kappa shape index (κ1) is 25.3. The van der Waals surface area contributed by atoms with E-state index in [0.29, 0.717) is 42.3 Å². The van der Waals surface area contributed by atoms with Crippen molar-refractivity contribution in [3.8, 4) is 11.5 Å². The molecular formula is C27H34N2O5. The van der Waals surface area contributed by atoms with Crippen LogP contribution in [0.25, 0.3) is 5.76 Å². The van der Waals surface area contributed by atoms with Crippen molar-refractivity contribution in [3.63, 3.8) is 0 Å². The van der Waals surface area contributed by atoms with Crippen molar-refractivity contribution in [2.45, 2.75) is 39.3 Å². The molecule has 0 saturated carbocycles. The van der Waals surface area contributed by atoms with Crippen LogP contribution >= 0.6 is 0 Å². The van der Waals surface area contributed by atoms with E-state index in [9.17, 15) is 14.7 Å². The van der Waals surface area contributed by atoms with Gasteiger partial charge in [-0.3, -0.25) is 9.59 Å². The number of likely N-dealkylation sites (N-methyl/N-ethyl adjacent to an activating group) is 1. The van der Waals surface area contributed by atoms with E-state index in [0.717, 1.165) is 6.42 Å². The summed E-state index contributed by atoms with van der Waals surface area (Å²) in [7, 11) is 3.82. The smallest absolute Gasteiger partial charge is 0.295 e. The van der Waals surface area contributed by atoms with Gasteiger partial charge in [0.25, 0.3) is 11.7 Å². The first-order valence-corrected chi connectivity index (χ1v) is 11.7. The molecule has 1 heterocycles. The van der Waals surface area contributed by atoms with E-state index in [1.807, 2.05) is 64.0 Å². The molecule has 2 aromatic carbocycles. The Hall–Kier alpha value is -3.32. The summed E-state index contributed by atoms with van der Waals surface area (Å²) in [6.45, 7) is 7.33. The number of aliphatic hydroxyl groups is 1. The quantitative estimate of drug-likeness (QED) is 0.320. The van der Waals surface area contributed by atoms with Gasteiger partial charge < -0.3 is 24.4 Å². The average molecular weight is 467 g/mol. The van der Waals surface area contributed by atoms with E-state index in [-0.39, 0.29) is 17.4 Å². The molecule has 0 radical (unpaired) electrons. The highest BCUT2D eigenvalue weighted by Gasteiger charge is 2.46. The van der Waals surface area contributed by atoms with Gasteiger partial charge in [-0.1, -0.05) is 31.2 Å². The van der Waals surface area contributed by atoms with Crippen molar-refractivity contribution < 1.29 is 24.2 Å². The third kappa shape index (κ3) is 5.78. The van der Waals surface area contributed by atoms with E-state index in [4.69, 9.17) is 9.47 Å². The number of benzene rings is 2. The van der Waals surface area contributed by atoms with Gasteiger partial charge in [-0.25, -0.2) is 0 Å². The molecule has 0 aromatic heterocycles. The fraction of sp³-hybridized carbons (Fsp3) is 0.407. The molecule has 1 aliphatic rings. The Kier molecular flexibility index (Phi) is 8.34. The number of carbonyl (C=O) groups is 2. The first-order chi connectivity index (χ1) is 16.2. The molecule has 1 amide bonds. The lowest BCUT2D eigenvalue weighted by Gasteiger charge is -2.27. The van der Waals surface area contributed by atoms with Crippen molar-refractivity contribution in [2.24, 2.45) is 0 Å². The topological polar surface area (TPSA) is 79.3 Å². The van der Waals surface area contributed by atoms with E-state index in [1.165, 1.54) is 4.90 Å². The van der Waals surface area contributed by atoms with Crippen LogP contribution in [0.3, 0.4) is 0 Å². The van der Waals surface area contributed by atoms with Crippen molar-refractivity contribution in [1.82, 2.24) is 9.80 Å². The predicted octanol–water partition coefficient (Wildman–Crippen LogP) is 4.25. The van der Waals surface area contributed by atoms with Gasteiger partial charge in [0.05, 0.1) is 24.3 Å². The van der Waals surface area contributed by atoms with Crippen LogP contribution in [0.5, 0.6) is 11.5 Å². The molecular weight excluding hydrogens is 432 g/mol. The first-order valence-electron chi connectivity index (χ1n) is 11.7. The minimum Gasteiger partial charge on any atom is -0.507 e. The summed E-state index contributed by atoms with van der Waals surface area (Å²) in [5.41, 5.74) is 1.20. The molecule has 1 fully saturated rings. The fourth-order valence-corrected chi connectivity index (χ4v) is 3.90. The van der Waals surface area contributed by atoms with Crippen molar-refractivity contribution >= 4 is 17.4 Å². The minimum atomic E-state index is -0.722. The fourth-order valence-electron chi connectivity index (χ4n) is 3.90. The number of amides is 1. The van der Waals surface area contributed by atoms with Gasteiger partial charge in [0, 0.05) is 18.7 Å². The van der Waals surface area contributed by atoms with Crippen LogP contribution < -0.4 is 9.47 Å². The lowest BCUT2D eigenvalue weighted by molar-refractivity contribution is -0.140. The lowest BCUT2D eigenvalue weighted by atomic mass is 9.95. The second-order valence-electron chi connectivity index (χ2n) is 8.91. The highest BCUT2D eigenvalue weighted by atomic mass is 16.5. The Morgan fingerprint density at radius 3 is 2.47 bits per heavy atom. The number of rotatable bonds is 10. The molecule has 2 aromatic rings. The Balaban J connectivity index is 2.11. The Morgan fingerprint density at radius 2 is 1.79 bits per heavy atom. The zero-order chi connectivity index (χ0) is 24.8. The molecule has 7 heteroatoms. The number of Topliss-reactive ketones (excluding diaryl/α,β-unsaturated/α-hetero) is 1. The van der Waals surface area contributed by atoms with Crippen LogP contribution in [-0.4, -0.2) is 66.5 Å². The van der Waals surface area contributed by atoms with Crippen LogP contribution in [-0.2, 0) is 9.59 Å². The normalized spacial score (nSPS) is 17.6. The van der Waals surface area contributed by atoms with Crippen LogP contribution in [0, 0.1) is 0 Å². The SMILES string of the molecule is CCCOc1cccc(C2/C(=C(/O)c3cccc(OC(C)C)c3)C(=O)C(=O)N2CCN(C)C)c1. The number of nitrogens with zero attached hydrogens (tertiary/aromatic N) is 2. The van der Waals surface area contributed by atoms with Crippen LogP contribution in [0.2, 0.25) is 0 Å². The van der Waals surface area contributed by atoms with Gasteiger partial charge in [0.15, 0.2) is 0 Å². The third-order valence-corrected chi connectivity index (χ3v) is 5.45. The van der Waals surface area contributed by atoms with Gasteiger partial charge in [-0.15, -0.1) is 0 Å². The number of ether oxygens (including phenoxy) is 2. The highest BCUT2D eigenvalue weighted by Crippen LogP contribution is 2.40.